The lowest BCUT2D eigenvalue weighted by atomic mass is 9.93. The molecule has 9 heteroatoms. The monoisotopic (exact) mass is 696 g/mol. The molecule has 8 nitrogen and oxygen atoms in total. The van der Waals surface area contributed by atoms with E-state index in [9.17, 15) is 9.59 Å². The summed E-state index contributed by atoms with van der Waals surface area (Å²) in [6.45, 7) is 4.66. The van der Waals surface area contributed by atoms with E-state index in [0.29, 0.717) is 51.1 Å². The Balaban J connectivity index is 1.39. The van der Waals surface area contributed by atoms with Crippen molar-refractivity contribution in [2.24, 2.45) is 4.99 Å². The summed E-state index contributed by atoms with van der Waals surface area (Å²) in [5, 5.41) is 2.23. The number of methoxy groups -OCH3 is 1. The van der Waals surface area contributed by atoms with Crippen LogP contribution in [0.4, 0.5) is 0 Å². The molecule has 0 amide bonds. The van der Waals surface area contributed by atoms with Gasteiger partial charge in [-0.25, -0.2) is 9.79 Å². The van der Waals surface area contributed by atoms with Gasteiger partial charge in [-0.3, -0.25) is 9.36 Å². The second-order valence-electron chi connectivity index (χ2n) is 11.7. The van der Waals surface area contributed by atoms with Crippen LogP contribution in [0.25, 0.3) is 22.5 Å². The Bertz CT molecular complexity index is 2430. The van der Waals surface area contributed by atoms with Gasteiger partial charge in [-0.05, 0) is 60.0 Å². The Kier molecular flexibility index (Phi) is 9.81. The number of para-hydroxylation sites is 1. The van der Waals surface area contributed by atoms with Gasteiger partial charge in [-0.2, -0.15) is 0 Å². The summed E-state index contributed by atoms with van der Waals surface area (Å²) in [5.41, 5.74) is 3.61. The molecule has 0 fully saturated rings. The number of hydrogen-bond donors (Lipinski definition) is 0. The average molecular weight is 697 g/mol. The molecule has 256 valence electrons. The van der Waals surface area contributed by atoms with Crippen LogP contribution in [0, 0.1) is 0 Å². The number of rotatable bonds is 11. The highest BCUT2D eigenvalue weighted by Gasteiger charge is 2.35. The molecule has 6 aromatic rings. The van der Waals surface area contributed by atoms with Crippen molar-refractivity contribution in [1.29, 1.82) is 0 Å². The SMILES string of the molecule is CCOC(=O)C1=C(c2ccccc2)N=c2s/c(=C\c3cccc(OC)c3OCc3cccc4ccccc34)c(=O)n2[C@H]1c1ccc(OCC)cc1. The molecule has 1 atom stereocenters. The molecule has 0 radical (unpaired) electrons. The Labute approximate surface area is 299 Å². The van der Waals surface area contributed by atoms with Gasteiger partial charge in [-0.15, -0.1) is 0 Å². The number of carbonyl (C=O) groups is 1. The Morgan fingerprint density at radius 3 is 2.35 bits per heavy atom. The third kappa shape index (κ3) is 6.68. The molecule has 0 bridgehead atoms. The largest absolute Gasteiger partial charge is 0.494 e. The van der Waals surface area contributed by atoms with E-state index >= 15 is 0 Å². The summed E-state index contributed by atoms with van der Waals surface area (Å²) in [6.07, 6.45) is 1.80. The van der Waals surface area contributed by atoms with E-state index in [2.05, 4.69) is 18.2 Å². The summed E-state index contributed by atoms with van der Waals surface area (Å²) >= 11 is 1.25. The molecular weight excluding hydrogens is 661 g/mol. The number of ether oxygens (including phenoxy) is 4. The number of nitrogens with zero attached hydrogens (tertiary/aromatic N) is 2. The van der Waals surface area contributed by atoms with Crippen LogP contribution in [-0.2, 0) is 16.1 Å². The highest BCUT2D eigenvalue weighted by Crippen LogP contribution is 2.36. The van der Waals surface area contributed by atoms with Crippen molar-refractivity contribution in [3.63, 3.8) is 0 Å². The third-order valence-electron chi connectivity index (χ3n) is 8.65. The van der Waals surface area contributed by atoms with Crippen LogP contribution in [0.3, 0.4) is 0 Å². The first-order chi connectivity index (χ1) is 25.0. The Hall–Kier alpha value is -5.93. The minimum Gasteiger partial charge on any atom is -0.494 e. The molecule has 0 saturated heterocycles. The van der Waals surface area contributed by atoms with Gasteiger partial charge in [0.1, 0.15) is 12.4 Å². The lowest BCUT2D eigenvalue weighted by molar-refractivity contribution is -0.138. The van der Waals surface area contributed by atoms with E-state index in [0.717, 1.165) is 27.5 Å². The van der Waals surface area contributed by atoms with Crippen molar-refractivity contribution in [1.82, 2.24) is 4.57 Å². The van der Waals surface area contributed by atoms with Gasteiger partial charge in [0.05, 0.1) is 42.2 Å². The fourth-order valence-electron chi connectivity index (χ4n) is 6.34. The second-order valence-corrected chi connectivity index (χ2v) is 12.7. The van der Waals surface area contributed by atoms with Crippen molar-refractivity contribution in [3.8, 4) is 17.2 Å². The van der Waals surface area contributed by atoms with Crippen LogP contribution in [0.15, 0.2) is 131 Å². The van der Waals surface area contributed by atoms with Crippen LogP contribution in [0.1, 0.15) is 42.1 Å². The van der Waals surface area contributed by atoms with Crippen molar-refractivity contribution in [2.45, 2.75) is 26.5 Å². The predicted molar refractivity (Wildman–Crippen MR) is 200 cm³/mol. The first-order valence-electron chi connectivity index (χ1n) is 16.8. The third-order valence-corrected chi connectivity index (χ3v) is 9.63. The van der Waals surface area contributed by atoms with Crippen LogP contribution in [0.5, 0.6) is 17.2 Å². The van der Waals surface area contributed by atoms with Gasteiger partial charge in [0.15, 0.2) is 16.3 Å². The maximum Gasteiger partial charge on any atom is 0.338 e. The van der Waals surface area contributed by atoms with E-state index in [1.807, 2.05) is 104 Å². The van der Waals surface area contributed by atoms with Gasteiger partial charge in [0, 0.05) is 11.1 Å². The molecule has 0 unspecified atom stereocenters. The lowest BCUT2D eigenvalue weighted by Gasteiger charge is -2.26. The maximum absolute atomic E-state index is 14.5. The molecular formula is C42H36N2O6S. The van der Waals surface area contributed by atoms with Crippen LogP contribution >= 0.6 is 11.3 Å². The molecule has 0 saturated carbocycles. The van der Waals surface area contributed by atoms with E-state index in [-0.39, 0.29) is 17.7 Å². The predicted octanol–water partition coefficient (Wildman–Crippen LogP) is 7.08. The summed E-state index contributed by atoms with van der Waals surface area (Å²) in [5.74, 6) is 1.21. The number of hydrogen-bond acceptors (Lipinski definition) is 8. The zero-order valence-corrected chi connectivity index (χ0v) is 29.3. The van der Waals surface area contributed by atoms with Crippen molar-refractivity contribution >= 4 is 39.9 Å². The summed E-state index contributed by atoms with van der Waals surface area (Å²) in [6, 6.07) is 36.0. The lowest BCUT2D eigenvalue weighted by Crippen LogP contribution is -2.40. The van der Waals surface area contributed by atoms with E-state index in [1.165, 1.54) is 11.3 Å². The summed E-state index contributed by atoms with van der Waals surface area (Å²) < 4.78 is 25.5. The van der Waals surface area contributed by atoms with Crippen LogP contribution in [-0.4, -0.2) is 30.9 Å². The zero-order valence-electron chi connectivity index (χ0n) is 28.5. The van der Waals surface area contributed by atoms with Crippen molar-refractivity contribution < 1.29 is 23.7 Å². The minimum absolute atomic E-state index is 0.169. The molecule has 5 aromatic carbocycles. The molecule has 0 spiro atoms. The minimum atomic E-state index is -0.805. The van der Waals surface area contributed by atoms with E-state index in [4.69, 9.17) is 23.9 Å². The van der Waals surface area contributed by atoms with E-state index in [1.54, 1.807) is 24.7 Å². The highest BCUT2D eigenvalue weighted by molar-refractivity contribution is 7.07. The van der Waals surface area contributed by atoms with Gasteiger partial charge in [0.25, 0.3) is 5.56 Å². The first kappa shape index (κ1) is 33.6. The zero-order chi connectivity index (χ0) is 35.3. The van der Waals surface area contributed by atoms with Crippen LogP contribution in [0.2, 0.25) is 0 Å². The molecule has 0 aliphatic carbocycles. The maximum atomic E-state index is 14.5. The number of aromatic nitrogens is 1. The quantitative estimate of drug-likeness (QED) is 0.135. The first-order valence-corrected chi connectivity index (χ1v) is 17.6. The summed E-state index contributed by atoms with van der Waals surface area (Å²) in [4.78, 5) is 33.8. The molecule has 1 aromatic heterocycles. The van der Waals surface area contributed by atoms with Crippen molar-refractivity contribution in [3.05, 3.63) is 163 Å². The molecule has 1 aliphatic rings. The number of carbonyl (C=O) groups excluding carboxylic acids is 1. The fourth-order valence-corrected chi connectivity index (χ4v) is 7.33. The Morgan fingerprint density at radius 1 is 0.843 bits per heavy atom. The van der Waals surface area contributed by atoms with Gasteiger partial charge < -0.3 is 18.9 Å². The number of fused-ring (bicyclic) bond motifs is 2. The normalized spacial score (nSPS) is 14.2. The highest BCUT2D eigenvalue weighted by atomic mass is 32.1. The molecule has 1 aliphatic heterocycles. The molecule has 7 rings (SSSR count). The van der Waals surface area contributed by atoms with Gasteiger partial charge in [0.2, 0.25) is 0 Å². The molecule has 51 heavy (non-hydrogen) atoms. The molecule has 2 heterocycles. The standard InChI is InChI=1S/C42H36N2O6S/c1-4-48-32-23-21-29(22-24-32)38-36(41(46)49-5-2)37(28-14-7-6-8-15-28)43-42-44(38)40(45)35(51-42)25-30-17-12-20-34(47-3)39(30)50-26-31-18-11-16-27-13-9-10-19-33(27)31/h6-25,38H,4-5,26H2,1-3H3/b35-25-/t38-/m0/s1. The van der Waals surface area contributed by atoms with Crippen molar-refractivity contribution in [2.75, 3.05) is 20.3 Å². The Morgan fingerprint density at radius 2 is 1.59 bits per heavy atom. The van der Waals surface area contributed by atoms with Gasteiger partial charge in [-0.1, -0.05) is 108 Å². The summed E-state index contributed by atoms with van der Waals surface area (Å²) in [7, 11) is 1.59. The second kappa shape index (κ2) is 14.9. The number of esters is 1. The fraction of sp³-hybridized carbons (Fsp3) is 0.167. The van der Waals surface area contributed by atoms with Gasteiger partial charge >= 0.3 is 5.97 Å². The van der Waals surface area contributed by atoms with E-state index < -0.39 is 12.0 Å². The topological polar surface area (TPSA) is 88.4 Å². The molecule has 0 N–H and O–H groups in total. The smallest absolute Gasteiger partial charge is 0.338 e. The average Bonchev–Trinajstić information content (AvgIpc) is 3.48. The van der Waals surface area contributed by atoms with Crippen LogP contribution < -0.4 is 29.1 Å². The number of thiazole rings is 1. The number of benzene rings is 5.